The Balaban J connectivity index is 1.45. The monoisotopic (exact) mass is 840 g/mol. The third kappa shape index (κ3) is 13.4. The van der Waals surface area contributed by atoms with E-state index in [2.05, 4.69) is 25.8 Å². The van der Waals surface area contributed by atoms with Crippen molar-refractivity contribution in [3.63, 3.8) is 0 Å². The number of ether oxygens (including phenoxy) is 2. The lowest BCUT2D eigenvalue weighted by molar-refractivity contribution is -0.384. The van der Waals surface area contributed by atoms with Gasteiger partial charge in [0.1, 0.15) is 12.5 Å². The Kier molecular flexibility index (Phi) is 18.3. The summed E-state index contributed by atoms with van der Waals surface area (Å²) in [6.45, 7) is 0.602. The van der Waals surface area contributed by atoms with E-state index in [0.717, 1.165) is 28.4 Å². The molecule has 4 N–H and O–H groups in total. The average molecular weight is 841 g/mol. The Morgan fingerprint density at radius 2 is 0.914 bits per heavy atom. The zero-order valence-corrected chi connectivity index (χ0v) is 35.4. The molecule has 314 valence electrons. The molecule has 2 atom stereocenters. The number of non-ortho nitro benzene ring substituents is 1. The smallest absolute Gasteiger partial charge is 0.389 e. The molecule has 0 aliphatic heterocycles. The number of hydrogen-bond donors (Lipinski definition) is 4. The van der Waals surface area contributed by atoms with E-state index in [-0.39, 0.29) is 44.5 Å². The zero-order valence-electron chi connectivity index (χ0n) is 33.4. The van der Waals surface area contributed by atoms with Crippen molar-refractivity contribution in [2.24, 2.45) is 10.2 Å². The molecule has 0 amide bonds. The normalized spacial score (nSPS) is 13.0. The summed E-state index contributed by atoms with van der Waals surface area (Å²) >= 11 is 0. The number of benzene rings is 4. The molecule has 0 radical (unpaired) electrons. The molecule has 2 unspecified atom stereocenters. The largest absolute Gasteiger partial charge is 0.527 e. The van der Waals surface area contributed by atoms with Crippen LogP contribution in [0.3, 0.4) is 0 Å². The molecule has 0 bridgehead atoms. The van der Waals surface area contributed by atoms with Crippen LogP contribution in [0.1, 0.15) is 0 Å². The molecular weight excluding hydrogens is 789 g/mol. The first kappa shape index (κ1) is 46.0. The first-order chi connectivity index (χ1) is 28.0. The lowest BCUT2D eigenvalue weighted by atomic mass is 10.1. The van der Waals surface area contributed by atoms with E-state index in [1.54, 1.807) is 0 Å². The van der Waals surface area contributed by atoms with Gasteiger partial charge >= 0.3 is 17.6 Å². The third-order valence-corrected chi connectivity index (χ3v) is 13.7. The molecule has 4 aromatic rings. The Morgan fingerprint density at radius 3 is 1.24 bits per heavy atom. The molecule has 18 nitrogen and oxygen atoms in total. The standard InChI is InChI=1S/C38H52N6O12Si2/c1-49-57(50-2,51-3)27-55-25-37(45)23-39-29-7-15-33(16-8-29)43(35-19-11-31(12-20-35)41-42-32-13-21-36(22-14-32)44(47)48)34-17-9-30(10-18-34)40-24-38(46)26-56-28-58(52-4,53-5)54-6/h7-22,37-40,45-46H,23-28H2,1-6H3. The number of aliphatic hydroxyl groups excluding tert-OH is 2. The van der Waals surface area contributed by atoms with Gasteiger partial charge in [0.2, 0.25) is 0 Å². The number of azo groups is 1. The molecule has 0 fully saturated rings. The Labute approximate surface area is 340 Å². The van der Waals surface area contributed by atoms with Crippen LogP contribution in [0.2, 0.25) is 0 Å². The maximum atomic E-state index is 11.0. The number of nitrogens with zero attached hydrogens (tertiary/aromatic N) is 4. The van der Waals surface area contributed by atoms with Gasteiger partial charge in [0, 0.05) is 96.3 Å². The van der Waals surface area contributed by atoms with Crippen LogP contribution in [0.15, 0.2) is 107 Å². The highest BCUT2D eigenvalue weighted by atomic mass is 28.4. The van der Waals surface area contributed by atoms with Gasteiger partial charge in [-0.05, 0) is 84.9 Å². The van der Waals surface area contributed by atoms with E-state index >= 15 is 0 Å². The van der Waals surface area contributed by atoms with E-state index in [4.69, 9.17) is 36.0 Å². The molecule has 0 aliphatic rings. The van der Waals surface area contributed by atoms with Crippen LogP contribution in [0.5, 0.6) is 0 Å². The molecule has 0 spiro atoms. The fourth-order valence-electron chi connectivity index (χ4n) is 5.41. The highest BCUT2D eigenvalue weighted by Gasteiger charge is 2.39. The minimum absolute atomic E-state index is 0.0241. The topological polar surface area (TPSA) is 209 Å². The van der Waals surface area contributed by atoms with Crippen LogP contribution in [0.25, 0.3) is 0 Å². The number of anilines is 5. The summed E-state index contributed by atoms with van der Waals surface area (Å²) in [6, 6.07) is 28.8. The summed E-state index contributed by atoms with van der Waals surface area (Å²) < 4.78 is 43.4. The quantitative estimate of drug-likeness (QED) is 0.0251. The number of nitrogens with one attached hydrogen (secondary N) is 2. The summed E-state index contributed by atoms with van der Waals surface area (Å²) in [7, 11) is 3.18. The van der Waals surface area contributed by atoms with E-state index in [0.29, 0.717) is 11.4 Å². The van der Waals surface area contributed by atoms with E-state index < -0.39 is 34.7 Å². The van der Waals surface area contributed by atoms with Crippen molar-refractivity contribution in [2.45, 2.75) is 12.2 Å². The summed E-state index contributed by atoms with van der Waals surface area (Å²) in [4.78, 5) is 12.6. The highest BCUT2D eigenvalue weighted by molar-refractivity contribution is 6.60. The van der Waals surface area contributed by atoms with Gasteiger partial charge in [-0.2, -0.15) is 10.2 Å². The zero-order chi connectivity index (χ0) is 42.0. The Hall–Kier alpha value is -4.69. The van der Waals surface area contributed by atoms with Crippen molar-refractivity contribution in [1.82, 2.24) is 0 Å². The second-order valence-electron chi connectivity index (χ2n) is 12.6. The van der Waals surface area contributed by atoms with E-state index in [1.807, 2.05) is 72.8 Å². The second-order valence-corrected chi connectivity index (χ2v) is 18.4. The number of nitro groups is 1. The van der Waals surface area contributed by atoms with Gasteiger partial charge < -0.3 is 61.8 Å². The van der Waals surface area contributed by atoms with Gasteiger partial charge in [-0.1, -0.05) is 0 Å². The van der Waals surface area contributed by atoms with E-state index in [1.165, 1.54) is 66.9 Å². The Bertz CT molecular complexity index is 1740. The van der Waals surface area contributed by atoms with Gasteiger partial charge in [-0.25, -0.2) is 0 Å². The Morgan fingerprint density at radius 1 is 0.586 bits per heavy atom. The van der Waals surface area contributed by atoms with Crippen LogP contribution in [0, 0.1) is 10.1 Å². The first-order valence-corrected chi connectivity index (χ1v) is 21.9. The molecule has 0 saturated carbocycles. The van der Waals surface area contributed by atoms with Crippen LogP contribution in [-0.2, 0) is 36.0 Å². The highest BCUT2D eigenvalue weighted by Crippen LogP contribution is 2.36. The molecule has 4 aromatic carbocycles. The second kappa shape index (κ2) is 23.0. The predicted molar refractivity (Wildman–Crippen MR) is 223 cm³/mol. The molecule has 0 saturated heterocycles. The summed E-state index contributed by atoms with van der Waals surface area (Å²) in [6.07, 6.45) is -1.38. The first-order valence-electron chi connectivity index (χ1n) is 18.1. The van der Waals surface area contributed by atoms with Crippen molar-refractivity contribution in [3.05, 3.63) is 107 Å². The van der Waals surface area contributed by atoms with Gasteiger partial charge in [-0.15, -0.1) is 0 Å². The molecule has 0 heterocycles. The summed E-state index contributed by atoms with van der Waals surface area (Å²) in [5.41, 5.74) is 5.17. The van der Waals surface area contributed by atoms with Crippen molar-refractivity contribution in [3.8, 4) is 0 Å². The average Bonchev–Trinajstić information content (AvgIpc) is 3.26. The van der Waals surface area contributed by atoms with Crippen molar-refractivity contribution in [2.75, 3.05) is 97.0 Å². The van der Waals surface area contributed by atoms with Gasteiger partial charge in [0.05, 0.1) is 41.7 Å². The van der Waals surface area contributed by atoms with Crippen LogP contribution in [0.4, 0.5) is 45.5 Å². The van der Waals surface area contributed by atoms with Crippen molar-refractivity contribution >= 4 is 63.1 Å². The summed E-state index contributed by atoms with van der Waals surface area (Å²) in [5.74, 6) is 0. The van der Waals surface area contributed by atoms with Crippen LogP contribution in [-0.4, -0.2) is 126 Å². The molecular formula is C38H52N6O12Si2. The SMILES string of the molecule is CO[Si](COCC(O)CNc1ccc(N(c2ccc(N=Nc3ccc([N+](=O)[O-])cc3)cc2)c2ccc(NCC(O)COC[Si](OC)(OC)OC)cc2)cc1)(OC)OC. The maximum Gasteiger partial charge on any atom is 0.527 e. The lowest BCUT2D eigenvalue weighted by Crippen LogP contribution is -2.48. The van der Waals surface area contributed by atoms with Gasteiger partial charge in [0.15, 0.2) is 0 Å². The number of rotatable bonds is 26. The fraction of sp³-hybridized carbons (Fsp3) is 0.368. The fourth-order valence-corrected chi connectivity index (χ4v) is 7.85. The molecule has 20 heteroatoms. The van der Waals surface area contributed by atoms with Crippen molar-refractivity contribution < 1.29 is 51.2 Å². The summed E-state index contributed by atoms with van der Waals surface area (Å²) in [5, 5.41) is 47.0. The van der Waals surface area contributed by atoms with Crippen LogP contribution >= 0.6 is 0 Å². The van der Waals surface area contributed by atoms with Crippen molar-refractivity contribution in [1.29, 1.82) is 0 Å². The molecule has 4 rings (SSSR count). The number of hydrogen-bond acceptors (Lipinski definition) is 17. The minimum atomic E-state index is -2.91. The lowest BCUT2D eigenvalue weighted by Gasteiger charge is -2.26. The predicted octanol–water partition coefficient (Wildman–Crippen LogP) is 5.89. The number of aliphatic hydroxyl groups is 2. The van der Waals surface area contributed by atoms with Crippen LogP contribution < -0.4 is 15.5 Å². The number of nitro benzene ring substituents is 1. The maximum absolute atomic E-state index is 11.0. The molecule has 58 heavy (non-hydrogen) atoms. The van der Waals surface area contributed by atoms with Gasteiger partial charge in [-0.3, -0.25) is 10.1 Å². The van der Waals surface area contributed by atoms with Gasteiger partial charge in [0.25, 0.3) is 5.69 Å². The van der Waals surface area contributed by atoms with E-state index in [9.17, 15) is 20.3 Å². The third-order valence-electron chi connectivity index (χ3n) is 8.83. The minimum Gasteiger partial charge on any atom is -0.389 e. The molecule has 0 aromatic heterocycles. The molecule has 0 aliphatic carbocycles.